The van der Waals surface area contributed by atoms with E-state index in [4.69, 9.17) is 19.3 Å². The second-order valence-corrected chi connectivity index (χ2v) is 4.49. The number of rotatable bonds is 4. The molecule has 0 radical (unpaired) electrons. The molecule has 0 aromatic heterocycles. The second kappa shape index (κ2) is 6.38. The van der Waals surface area contributed by atoms with Gasteiger partial charge in [0.25, 0.3) is 0 Å². The Balaban J connectivity index is 2.07. The van der Waals surface area contributed by atoms with Gasteiger partial charge in [-0.1, -0.05) is 0 Å². The second-order valence-electron chi connectivity index (χ2n) is 4.49. The fourth-order valence-electron chi connectivity index (χ4n) is 2.01. The van der Waals surface area contributed by atoms with Crippen molar-refractivity contribution in [2.45, 2.75) is 30.7 Å². The number of aliphatic hydroxyl groups excluding tert-OH is 4. The number of methoxy groups -OCH3 is 1. The Kier molecular flexibility index (Phi) is 4.79. The van der Waals surface area contributed by atoms with Gasteiger partial charge in [0, 0.05) is 0 Å². The van der Waals surface area contributed by atoms with Crippen LogP contribution in [-0.2, 0) is 4.74 Å². The zero-order valence-corrected chi connectivity index (χ0v) is 10.9. The van der Waals surface area contributed by atoms with Crippen LogP contribution in [0.3, 0.4) is 0 Å². The lowest BCUT2D eigenvalue weighted by molar-refractivity contribution is -0.280. The van der Waals surface area contributed by atoms with Crippen LogP contribution in [0.4, 0.5) is 0 Å². The van der Waals surface area contributed by atoms with Gasteiger partial charge in [0.1, 0.15) is 29.8 Å². The minimum Gasteiger partial charge on any atom is -0.497 e. The minimum atomic E-state index is -1.45. The van der Waals surface area contributed by atoms with Gasteiger partial charge in [-0.25, -0.2) is 0 Å². The van der Waals surface area contributed by atoms with E-state index >= 15 is 0 Å². The maximum atomic E-state index is 9.92. The van der Waals surface area contributed by atoms with Crippen molar-refractivity contribution in [1.82, 2.24) is 0 Å². The smallest absolute Gasteiger partial charge is 0.195 e. The van der Waals surface area contributed by atoms with E-state index in [0.717, 1.165) is 0 Å². The molecule has 0 aliphatic carbocycles. The van der Waals surface area contributed by atoms with E-state index in [0.29, 0.717) is 11.5 Å². The molecule has 1 fully saturated rings. The molecule has 7 heteroatoms. The molecule has 1 aliphatic heterocycles. The zero-order valence-electron chi connectivity index (χ0n) is 10.9. The summed E-state index contributed by atoms with van der Waals surface area (Å²) >= 11 is 0. The van der Waals surface area contributed by atoms with E-state index in [1.54, 1.807) is 24.3 Å². The molecule has 2 rings (SSSR count). The highest BCUT2D eigenvalue weighted by Crippen LogP contribution is 2.25. The average Bonchev–Trinajstić information content (AvgIpc) is 2.48. The lowest BCUT2D eigenvalue weighted by Gasteiger charge is -2.39. The average molecular weight is 286 g/mol. The summed E-state index contributed by atoms with van der Waals surface area (Å²) in [7, 11) is 1.53. The van der Waals surface area contributed by atoms with Crippen LogP contribution in [0.1, 0.15) is 0 Å². The number of aliphatic hydroxyl groups is 4. The summed E-state index contributed by atoms with van der Waals surface area (Å²) < 4.78 is 15.4. The first kappa shape index (κ1) is 15.0. The third kappa shape index (κ3) is 3.02. The summed E-state index contributed by atoms with van der Waals surface area (Å²) in [6.45, 7) is -0.509. The van der Waals surface area contributed by atoms with Gasteiger partial charge in [0.05, 0.1) is 13.7 Å². The van der Waals surface area contributed by atoms with E-state index in [-0.39, 0.29) is 0 Å². The third-order valence-corrected chi connectivity index (χ3v) is 3.17. The van der Waals surface area contributed by atoms with Gasteiger partial charge >= 0.3 is 0 Å². The van der Waals surface area contributed by atoms with Crippen LogP contribution in [-0.4, -0.2) is 64.8 Å². The van der Waals surface area contributed by atoms with E-state index in [2.05, 4.69) is 0 Å². The third-order valence-electron chi connectivity index (χ3n) is 3.17. The normalized spacial score (nSPS) is 33.8. The molecule has 4 N–H and O–H groups in total. The largest absolute Gasteiger partial charge is 0.497 e. The molecule has 0 unspecified atom stereocenters. The van der Waals surface area contributed by atoms with Crippen molar-refractivity contribution in [3.05, 3.63) is 24.3 Å². The van der Waals surface area contributed by atoms with Crippen molar-refractivity contribution in [3.8, 4) is 11.5 Å². The van der Waals surface area contributed by atoms with Crippen molar-refractivity contribution in [2.24, 2.45) is 0 Å². The monoisotopic (exact) mass is 286 g/mol. The van der Waals surface area contributed by atoms with Crippen LogP contribution >= 0.6 is 0 Å². The Bertz CT molecular complexity index is 421. The van der Waals surface area contributed by atoms with Crippen molar-refractivity contribution in [1.29, 1.82) is 0 Å². The Morgan fingerprint density at radius 3 is 2.20 bits per heavy atom. The number of hydrogen-bond acceptors (Lipinski definition) is 7. The molecular formula is C13H18O7. The molecule has 20 heavy (non-hydrogen) atoms. The predicted octanol–water partition coefficient (Wildman–Crippen LogP) is -1.13. The Hall–Kier alpha value is -1.38. The van der Waals surface area contributed by atoms with E-state index in [1.165, 1.54) is 7.11 Å². The topological polar surface area (TPSA) is 109 Å². The summed E-state index contributed by atoms with van der Waals surface area (Å²) in [4.78, 5) is 0. The highest BCUT2D eigenvalue weighted by molar-refractivity contribution is 5.31. The first-order chi connectivity index (χ1) is 9.56. The molecule has 1 aliphatic rings. The molecule has 1 aromatic carbocycles. The van der Waals surface area contributed by atoms with Crippen molar-refractivity contribution >= 4 is 0 Å². The molecule has 1 aromatic rings. The van der Waals surface area contributed by atoms with Crippen molar-refractivity contribution in [2.75, 3.05) is 13.7 Å². The zero-order chi connectivity index (χ0) is 14.7. The maximum absolute atomic E-state index is 9.92. The van der Waals surface area contributed by atoms with Crippen LogP contribution < -0.4 is 9.47 Å². The lowest BCUT2D eigenvalue weighted by Crippen LogP contribution is -2.60. The Morgan fingerprint density at radius 1 is 1.05 bits per heavy atom. The molecule has 1 heterocycles. The molecule has 0 amide bonds. The molecule has 0 bridgehead atoms. The van der Waals surface area contributed by atoms with Gasteiger partial charge in [-0.2, -0.15) is 0 Å². The van der Waals surface area contributed by atoms with E-state index in [9.17, 15) is 15.3 Å². The Morgan fingerprint density at radius 2 is 1.65 bits per heavy atom. The van der Waals surface area contributed by atoms with Gasteiger partial charge in [0.2, 0.25) is 0 Å². The van der Waals surface area contributed by atoms with Gasteiger partial charge in [-0.3, -0.25) is 0 Å². The quantitative estimate of drug-likeness (QED) is 0.555. The highest BCUT2D eigenvalue weighted by atomic mass is 16.7. The van der Waals surface area contributed by atoms with Crippen LogP contribution in [0, 0.1) is 0 Å². The van der Waals surface area contributed by atoms with E-state index < -0.39 is 37.3 Å². The summed E-state index contributed by atoms with van der Waals surface area (Å²) in [5.74, 6) is 1.02. The van der Waals surface area contributed by atoms with Crippen molar-refractivity contribution < 1.29 is 34.6 Å². The minimum absolute atomic E-state index is 0.382. The summed E-state index contributed by atoms with van der Waals surface area (Å²) in [6.07, 6.45) is -6.37. The molecule has 5 atom stereocenters. The van der Waals surface area contributed by atoms with Crippen molar-refractivity contribution in [3.63, 3.8) is 0 Å². The summed E-state index contributed by atoms with van der Waals surface area (Å²) in [5, 5.41) is 38.4. The van der Waals surface area contributed by atoms with E-state index in [1.807, 2.05) is 0 Å². The maximum Gasteiger partial charge on any atom is 0.195 e. The van der Waals surface area contributed by atoms with Crippen LogP contribution in [0.25, 0.3) is 0 Å². The summed E-state index contributed by atoms with van der Waals surface area (Å²) in [6, 6.07) is 6.51. The molecule has 0 spiro atoms. The SMILES string of the molecule is COc1ccc(O[C@@H]2[C@@H](O)[C@@H](O)[C@@H](CO)O[C@H]2O)cc1. The molecule has 1 saturated heterocycles. The fourth-order valence-corrected chi connectivity index (χ4v) is 2.01. The molecule has 7 nitrogen and oxygen atoms in total. The van der Waals surface area contributed by atoms with Gasteiger partial charge in [0.15, 0.2) is 12.4 Å². The van der Waals surface area contributed by atoms with Gasteiger partial charge < -0.3 is 34.6 Å². The van der Waals surface area contributed by atoms with Gasteiger partial charge in [-0.15, -0.1) is 0 Å². The first-order valence-electron chi connectivity index (χ1n) is 6.18. The number of ether oxygens (including phenoxy) is 3. The molecular weight excluding hydrogens is 268 g/mol. The number of benzene rings is 1. The van der Waals surface area contributed by atoms with Crippen LogP contribution in [0.2, 0.25) is 0 Å². The van der Waals surface area contributed by atoms with Crippen LogP contribution in [0.5, 0.6) is 11.5 Å². The molecule has 112 valence electrons. The lowest BCUT2D eigenvalue weighted by atomic mass is 9.99. The first-order valence-corrected chi connectivity index (χ1v) is 6.18. The van der Waals surface area contributed by atoms with Crippen LogP contribution in [0.15, 0.2) is 24.3 Å². The highest BCUT2D eigenvalue weighted by Gasteiger charge is 2.45. The standard InChI is InChI=1S/C13H18O7/c1-18-7-2-4-8(5-3-7)19-12-11(16)10(15)9(6-14)20-13(12)17/h2-5,9-17H,6H2,1H3/t9-,10+,11+,12-,13-/m1/s1. The fraction of sp³-hybridized carbons (Fsp3) is 0.538. The Labute approximate surface area is 115 Å². The number of hydrogen-bond donors (Lipinski definition) is 4. The summed E-state index contributed by atoms with van der Waals surface area (Å²) in [5.41, 5.74) is 0. The van der Waals surface area contributed by atoms with Gasteiger partial charge in [-0.05, 0) is 24.3 Å². The predicted molar refractivity (Wildman–Crippen MR) is 67.4 cm³/mol. The molecule has 0 saturated carbocycles.